The summed E-state index contributed by atoms with van der Waals surface area (Å²) in [4.78, 5) is 24.2. The summed E-state index contributed by atoms with van der Waals surface area (Å²) in [6.07, 6.45) is 1.73. The summed E-state index contributed by atoms with van der Waals surface area (Å²) in [5.41, 5.74) is 3.15. The number of benzene rings is 2. The molecule has 5 heteroatoms. The molecule has 5 nitrogen and oxygen atoms in total. The molecule has 0 spiro atoms. The van der Waals surface area contributed by atoms with Gasteiger partial charge in [0.1, 0.15) is 18.1 Å². The number of allylic oxidation sites excluding steroid dienone is 1. The van der Waals surface area contributed by atoms with Crippen LogP contribution >= 0.6 is 0 Å². The standard InChI is InChI=1S/C20H18O5/c1-12-6-4-5-7-14(12)9-17-20(22)19-13(2)8-15(10-16(19)25-17)24-18(21)11-23-3/h4-10H,11H2,1-3H3/b17-9-. The molecule has 128 valence electrons. The van der Waals surface area contributed by atoms with Gasteiger partial charge in [-0.1, -0.05) is 24.3 Å². The highest BCUT2D eigenvalue weighted by molar-refractivity contribution is 6.15. The van der Waals surface area contributed by atoms with E-state index in [9.17, 15) is 9.59 Å². The van der Waals surface area contributed by atoms with Crippen molar-refractivity contribution in [3.8, 4) is 11.5 Å². The number of methoxy groups -OCH3 is 1. The number of hydrogen-bond donors (Lipinski definition) is 0. The van der Waals surface area contributed by atoms with Crippen LogP contribution in [0.15, 0.2) is 42.2 Å². The molecule has 0 unspecified atom stereocenters. The molecule has 0 aromatic heterocycles. The van der Waals surface area contributed by atoms with Crippen molar-refractivity contribution in [1.29, 1.82) is 0 Å². The van der Waals surface area contributed by atoms with Gasteiger partial charge >= 0.3 is 5.97 Å². The molecule has 0 aliphatic carbocycles. The molecule has 0 atom stereocenters. The first-order valence-electron chi connectivity index (χ1n) is 7.83. The fourth-order valence-corrected chi connectivity index (χ4v) is 2.71. The molecular weight excluding hydrogens is 320 g/mol. The van der Waals surface area contributed by atoms with E-state index in [1.807, 2.05) is 31.2 Å². The van der Waals surface area contributed by atoms with Crippen LogP contribution < -0.4 is 9.47 Å². The Labute approximate surface area is 145 Å². The van der Waals surface area contributed by atoms with E-state index in [0.717, 1.165) is 11.1 Å². The van der Waals surface area contributed by atoms with Crippen LogP contribution in [0.3, 0.4) is 0 Å². The second-order valence-corrected chi connectivity index (χ2v) is 5.82. The minimum absolute atomic E-state index is 0.144. The van der Waals surface area contributed by atoms with Gasteiger partial charge in [0.05, 0.1) is 5.56 Å². The van der Waals surface area contributed by atoms with Crippen LogP contribution in [0.5, 0.6) is 11.5 Å². The summed E-state index contributed by atoms with van der Waals surface area (Å²) in [5, 5.41) is 0. The van der Waals surface area contributed by atoms with Gasteiger partial charge in [0.25, 0.3) is 0 Å². The third kappa shape index (κ3) is 3.46. The number of rotatable bonds is 4. The molecule has 25 heavy (non-hydrogen) atoms. The molecule has 1 heterocycles. The predicted octanol–water partition coefficient (Wildman–Crippen LogP) is 3.47. The van der Waals surface area contributed by atoms with Crippen molar-refractivity contribution < 1.29 is 23.8 Å². The number of fused-ring (bicyclic) bond motifs is 1. The Hall–Kier alpha value is -2.92. The maximum absolute atomic E-state index is 12.6. The molecule has 0 radical (unpaired) electrons. The lowest BCUT2D eigenvalue weighted by Crippen LogP contribution is -2.14. The molecule has 0 amide bonds. The predicted molar refractivity (Wildman–Crippen MR) is 92.8 cm³/mol. The first-order chi connectivity index (χ1) is 12.0. The largest absolute Gasteiger partial charge is 0.452 e. The van der Waals surface area contributed by atoms with Crippen LogP contribution in [0, 0.1) is 13.8 Å². The van der Waals surface area contributed by atoms with Crippen LogP contribution in [0.1, 0.15) is 27.0 Å². The Morgan fingerprint density at radius 3 is 2.64 bits per heavy atom. The van der Waals surface area contributed by atoms with Gasteiger partial charge in [-0.15, -0.1) is 0 Å². The smallest absolute Gasteiger partial charge is 0.337 e. The molecule has 0 N–H and O–H groups in total. The summed E-state index contributed by atoms with van der Waals surface area (Å²) in [7, 11) is 1.42. The highest BCUT2D eigenvalue weighted by atomic mass is 16.6. The zero-order chi connectivity index (χ0) is 18.0. The van der Waals surface area contributed by atoms with Gasteiger partial charge in [-0.05, 0) is 42.7 Å². The van der Waals surface area contributed by atoms with E-state index in [1.54, 1.807) is 25.1 Å². The lowest BCUT2D eigenvalue weighted by molar-refractivity contribution is -0.138. The Morgan fingerprint density at radius 1 is 1.16 bits per heavy atom. The van der Waals surface area contributed by atoms with Gasteiger partial charge in [0.2, 0.25) is 5.78 Å². The van der Waals surface area contributed by atoms with Crippen molar-refractivity contribution in [2.75, 3.05) is 13.7 Å². The molecule has 0 saturated carbocycles. The van der Waals surface area contributed by atoms with Crippen LogP contribution in [-0.2, 0) is 9.53 Å². The van der Waals surface area contributed by atoms with Crippen LogP contribution in [0.2, 0.25) is 0 Å². The Kier molecular flexibility index (Phi) is 4.67. The van der Waals surface area contributed by atoms with E-state index in [2.05, 4.69) is 0 Å². The number of ketones is 1. The quantitative estimate of drug-likeness (QED) is 0.485. The monoisotopic (exact) mass is 338 g/mol. The van der Waals surface area contributed by atoms with Crippen molar-refractivity contribution >= 4 is 17.8 Å². The van der Waals surface area contributed by atoms with Gasteiger partial charge < -0.3 is 14.2 Å². The number of esters is 1. The Balaban J connectivity index is 1.92. The molecule has 2 aromatic rings. The van der Waals surface area contributed by atoms with E-state index in [-0.39, 0.29) is 18.1 Å². The molecule has 0 fully saturated rings. The van der Waals surface area contributed by atoms with Gasteiger partial charge in [-0.3, -0.25) is 4.79 Å². The summed E-state index contributed by atoms with van der Waals surface area (Å²) < 4.78 is 15.7. The molecule has 3 rings (SSSR count). The van der Waals surface area contributed by atoms with E-state index in [1.165, 1.54) is 7.11 Å². The number of Topliss-reactive ketones (excluding diaryl/α,β-unsaturated/α-hetero) is 1. The van der Waals surface area contributed by atoms with Crippen molar-refractivity contribution in [2.24, 2.45) is 0 Å². The first kappa shape index (κ1) is 16.9. The fraction of sp³-hybridized carbons (Fsp3) is 0.200. The van der Waals surface area contributed by atoms with Crippen molar-refractivity contribution in [3.05, 3.63) is 64.4 Å². The maximum Gasteiger partial charge on any atom is 0.337 e. The third-order valence-electron chi connectivity index (χ3n) is 3.91. The van der Waals surface area contributed by atoms with E-state index in [4.69, 9.17) is 14.2 Å². The van der Waals surface area contributed by atoms with E-state index >= 15 is 0 Å². The number of ether oxygens (including phenoxy) is 3. The minimum atomic E-state index is -0.512. The van der Waals surface area contributed by atoms with E-state index < -0.39 is 5.97 Å². The van der Waals surface area contributed by atoms with Gasteiger partial charge in [0, 0.05) is 13.2 Å². The Morgan fingerprint density at radius 2 is 1.92 bits per heavy atom. The fourth-order valence-electron chi connectivity index (χ4n) is 2.71. The number of aryl methyl sites for hydroxylation is 2. The zero-order valence-corrected chi connectivity index (χ0v) is 14.3. The lowest BCUT2D eigenvalue weighted by atomic mass is 10.0. The Bertz CT molecular complexity index is 880. The maximum atomic E-state index is 12.6. The summed E-state index contributed by atoms with van der Waals surface area (Å²) >= 11 is 0. The number of carbonyl (C=O) groups is 2. The van der Waals surface area contributed by atoms with E-state index in [0.29, 0.717) is 22.6 Å². The molecule has 2 aromatic carbocycles. The van der Waals surface area contributed by atoms with Crippen molar-refractivity contribution in [2.45, 2.75) is 13.8 Å². The summed E-state index contributed by atoms with van der Waals surface area (Å²) in [5.74, 6) is 0.286. The summed E-state index contributed by atoms with van der Waals surface area (Å²) in [6.45, 7) is 3.61. The van der Waals surface area contributed by atoms with Gasteiger partial charge in [-0.25, -0.2) is 4.79 Å². The lowest BCUT2D eigenvalue weighted by Gasteiger charge is -2.07. The second-order valence-electron chi connectivity index (χ2n) is 5.82. The highest BCUT2D eigenvalue weighted by Crippen LogP contribution is 2.37. The topological polar surface area (TPSA) is 61.8 Å². The molecule has 1 aliphatic rings. The molecule has 1 aliphatic heterocycles. The normalized spacial score (nSPS) is 14.4. The second kappa shape index (κ2) is 6.91. The first-order valence-corrected chi connectivity index (χ1v) is 7.83. The van der Waals surface area contributed by atoms with Gasteiger partial charge in [-0.2, -0.15) is 0 Å². The highest BCUT2D eigenvalue weighted by Gasteiger charge is 2.30. The zero-order valence-electron chi connectivity index (χ0n) is 14.3. The minimum Gasteiger partial charge on any atom is -0.452 e. The molecular formula is C20H18O5. The number of hydrogen-bond acceptors (Lipinski definition) is 5. The van der Waals surface area contributed by atoms with Crippen LogP contribution in [0.25, 0.3) is 6.08 Å². The number of carbonyl (C=O) groups excluding carboxylic acids is 2. The van der Waals surface area contributed by atoms with Crippen molar-refractivity contribution in [1.82, 2.24) is 0 Å². The average Bonchev–Trinajstić information content (AvgIpc) is 2.86. The van der Waals surface area contributed by atoms with Crippen molar-refractivity contribution in [3.63, 3.8) is 0 Å². The average molecular weight is 338 g/mol. The molecule has 0 bridgehead atoms. The third-order valence-corrected chi connectivity index (χ3v) is 3.91. The summed E-state index contributed by atoms with van der Waals surface area (Å²) in [6, 6.07) is 10.9. The van der Waals surface area contributed by atoms with Crippen LogP contribution in [-0.4, -0.2) is 25.5 Å². The van der Waals surface area contributed by atoms with Crippen LogP contribution in [0.4, 0.5) is 0 Å². The molecule has 0 saturated heterocycles. The van der Waals surface area contributed by atoms with Gasteiger partial charge in [0.15, 0.2) is 5.76 Å². The SMILES string of the molecule is COCC(=O)Oc1cc(C)c2c(c1)O/C(=C\c1ccccc1C)C2=O.